The Bertz CT molecular complexity index is 679. The number of methoxy groups -OCH3 is 1. The van der Waals surface area contributed by atoms with Gasteiger partial charge in [0.2, 0.25) is 0 Å². The van der Waals surface area contributed by atoms with Gasteiger partial charge in [-0.2, -0.15) is 5.26 Å². The first-order chi connectivity index (χ1) is 12.6. The van der Waals surface area contributed by atoms with Crippen molar-refractivity contribution in [1.82, 2.24) is 10.6 Å². The quantitative estimate of drug-likeness (QED) is 0.515. The minimum Gasteiger partial charge on any atom is -0.389 e. The van der Waals surface area contributed by atoms with E-state index in [-0.39, 0.29) is 0 Å². The highest BCUT2D eigenvalue weighted by atomic mass is 16.7. The van der Waals surface area contributed by atoms with Crippen LogP contribution in [0.5, 0.6) is 0 Å². The van der Waals surface area contributed by atoms with Gasteiger partial charge in [0.1, 0.15) is 6.10 Å². The van der Waals surface area contributed by atoms with Crippen molar-refractivity contribution >= 4 is 11.7 Å². The summed E-state index contributed by atoms with van der Waals surface area (Å²) < 4.78 is 16.3. The van der Waals surface area contributed by atoms with Crippen molar-refractivity contribution in [2.45, 2.75) is 30.6 Å². The molecule has 0 radical (unpaired) electrons. The maximum Gasteiger partial charge on any atom is 0.319 e. The number of nitrogens with one attached hydrogen (secondary N) is 3. The van der Waals surface area contributed by atoms with Crippen molar-refractivity contribution in [3.05, 3.63) is 29.8 Å². The van der Waals surface area contributed by atoms with E-state index in [1.165, 1.54) is 0 Å². The molecule has 2 heterocycles. The third kappa shape index (κ3) is 4.12. The number of amides is 2. The Balaban J connectivity index is 1.62. The largest absolute Gasteiger partial charge is 0.389 e. The van der Waals surface area contributed by atoms with E-state index in [2.05, 4.69) is 16.0 Å². The first-order valence-corrected chi connectivity index (χ1v) is 8.37. The van der Waals surface area contributed by atoms with Crippen LogP contribution in [0.4, 0.5) is 10.5 Å². The first-order valence-electron chi connectivity index (χ1n) is 8.37. The minimum absolute atomic E-state index is 0.291. The molecule has 2 fully saturated rings. The molecular weight excluding hydrogens is 340 g/mol. The van der Waals surface area contributed by atoms with E-state index in [0.29, 0.717) is 31.0 Å². The van der Waals surface area contributed by atoms with E-state index < -0.39 is 36.6 Å². The van der Waals surface area contributed by atoms with Crippen molar-refractivity contribution in [1.29, 1.82) is 5.26 Å². The summed E-state index contributed by atoms with van der Waals surface area (Å²) in [6, 6.07) is 6.99. The van der Waals surface area contributed by atoms with Gasteiger partial charge in [-0.1, -0.05) is 6.07 Å². The number of carbonyl (C=O) groups excluding carboxylic acids is 1. The Morgan fingerprint density at radius 3 is 3.08 bits per heavy atom. The zero-order chi connectivity index (χ0) is 18.5. The Morgan fingerprint density at radius 2 is 2.31 bits per heavy atom. The number of urea groups is 1. The molecule has 2 saturated heterocycles. The minimum atomic E-state index is -0.880. The average Bonchev–Trinajstić information content (AvgIpc) is 3.08. The normalized spacial score (nSPS) is 29.8. The molecule has 2 bridgehead atoms. The van der Waals surface area contributed by atoms with Crippen molar-refractivity contribution in [2.75, 3.05) is 32.2 Å². The second-order valence-corrected chi connectivity index (χ2v) is 6.16. The lowest BCUT2D eigenvalue weighted by atomic mass is 9.96. The fourth-order valence-corrected chi connectivity index (χ4v) is 3.13. The molecule has 0 aliphatic carbocycles. The molecule has 9 heteroatoms. The lowest BCUT2D eigenvalue weighted by Crippen LogP contribution is -2.65. The molecule has 1 aromatic carbocycles. The van der Waals surface area contributed by atoms with Crippen molar-refractivity contribution < 1.29 is 24.1 Å². The summed E-state index contributed by atoms with van der Waals surface area (Å²) >= 11 is 0. The number of carbonyl (C=O) groups is 1. The van der Waals surface area contributed by atoms with Gasteiger partial charge in [-0.3, -0.25) is 0 Å². The molecule has 2 aliphatic heterocycles. The van der Waals surface area contributed by atoms with E-state index in [1.807, 2.05) is 6.07 Å². The topological polar surface area (TPSA) is 125 Å². The smallest absolute Gasteiger partial charge is 0.319 e. The second-order valence-electron chi connectivity index (χ2n) is 6.16. The van der Waals surface area contributed by atoms with Crippen LogP contribution in [0.15, 0.2) is 24.3 Å². The molecule has 3 rings (SSSR count). The fourth-order valence-electron chi connectivity index (χ4n) is 3.13. The van der Waals surface area contributed by atoms with Gasteiger partial charge in [0, 0.05) is 19.3 Å². The lowest BCUT2D eigenvalue weighted by molar-refractivity contribution is -0.151. The number of aliphatic hydroxyl groups is 1. The molecular formula is C17H22N4O5. The molecule has 0 aromatic heterocycles. The highest BCUT2D eigenvalue weighted by molar-refractivity contribution is 5.89. The van der Waals surface area contributed by atoms with Gasteiger partial charge in [-0.15, -0.1) is 0 Å². The van der Waals surface area contributed by atoms with E-state index in [0.717, 1.165) is 0 Å². The number of anilines is 1. The molecule has 2 aliphatic rings. The number of rotatable bonds is 6. The highest BCUT2D eigenvalue weighted by Gasteiger charge is 2.50. The Kier molecular flexibility index (Phi) is 6.03. The number of nitrogens with zero attached hydrogens (tertiary/aromatic N) is 1. The van der Waals surface area contributed by atoms with E-state index in [4.69, 9.17) is 19.5 Å². The van der Waals surface area contributed by atoms with E-state index in [9.17, 15) is 9.90 Å². The van der Waals surface area contributed by atoms with E-state index >= 15 is 0 Å². The van der Waals surface area contributed by atoms with Crippen LogP contribution in [-0.4, -0.2) is 68.6 Å². The Morgan fingerprint density at radius 1 is 1.46 bits per heavy atom. The zero-order valence-corrected chi connectivity index (χ0v) is 14.3. The highest BCUT2D eigenvalue weighted by Crippen LogP contribution is 2.28. The molecule has 2 amide bonds. The van der Waals surface area contributed by atoms with Crippen molar-refractivity contribution in [3.8, 4) is 6.07 Å². The van der Waals surface area contributed by atoms with Gasteiger partial charge in [-0.25, -0.2) is 4.79 Å². The molecule has 26 heavy (non-hydrogen) atoms. The summed E-state index contributed by atoms with van der Waals surface area (Å²) in [7, 11) is 1.59. The summed E-state index contributed by atoms with van der Waals surface area (Å²) in [4.78, 5) is 12.3. The molecule has 0 saturated carbocycles. The maximum absolute atomic E-state index is 12.3. The van der Waals surface area contributed by atoms with Gasteiger partial charge in [0.15, 0.2) is 6.29 Å². The number of ether oxygens (including phenoxy) is 3. The van der Waals surface area contributed by atoms with Gasteiger partial charge >= 0.3 is 6.03 Å². The zero-order valence-electron chi connectivity index (χ0n) is 14.3. The lowest BCUT2D eigenvalue weighted by Gasteiger charge is -2.39. The van der Waals surface area contributed by atoms with Crippen molar-refractivity contribution in [2.24, 2.45) is 0 Å². The van der Waals surface area contributed by atoms with Gasteiger partial charge < -0.3 is 35.3 Å². The number of fused-ring (bicyclic) bond motifs is 2. The maximum atomic E-state index is 12.3. The third-order valence-corrected chi connectivity index (χ3v) is 4.40. The Hall–Kier alpha value is -2.22. The average molecular weight is 362 g/mol. The van der Waals surface area contributed by atoms with Crippen LogP contribution in [0.1, 0.15) is 5.56 Å². The van der Waals surface area contributed by atoms with Gasteiger partial charge in [0.25, 0.3) is 0 Å². The molecule has 0 spiro atoms. The number of aliphatic hydroxyl groups excluding tert-OH is 1. The van der Waals surface area contributed by atoms with Crippen LogP contribution in [0.2, 0.25) is 0 Å². The fraction of sp³-hybridized carbons (Fsp3) is 0.529. The summed E-state index contributed by atoms with van der Waals surface area (Å²) in [6.45, 7) is 1.29. The van der Waals surface area contributed by atoms with Crippen LogP contribution in [-0.2, 0) is 14.2 Å². The number of nitriles is 1. The molecule has 4 N–H and O–H groups in total. The van der Waals surface area contributed by atoms with Crippen LogP contribution in [0, 0.1) is 11.3 Å². The number of hydrogen-bond acceptors (Lipinski definition) is 7. The summed E-state index contributed by atoms with van der Waals surface area (Å²) in [6.07, 6.45) is -1.86. The van der Waals surface area contributed by atoms with Gasteiger partial charge in [0.05, 0.1) is 43.0 Å². The molecule has 5 atom stereocenters. The SMILES string of the molecule is COCCN[C@H]1[C@@H]2OC[C@@H](O2)[C@@H](NC(=O)Nc2cccc(C#N)c2)[C@@H]1O. The number of hydrogen-bond donors (Lipinski definition) is 4. The summed E-state index contributed by atoms with van der Waals surface area (Å²) in [5, 5.41) is 28.1. The number of benzene rings is 1. The molecule has 1 aromatic rings. The standard InChI is InChI=1S/C17H22N4O5/c1-24-6-5-19-14-15(22)13(12-9-25-16(14)26-12)21-17(23)20-11-4-2-3-10(7-11)8-18/h2-4,7,12-16,19,22H,5-6,9H2,1H3,(H2,20,21,23)/t12-,13-,14-,15+,16-/m1/s1. The van der Waals surface area contributed by atoms with Crippen LogP contribution in [0.3, 0.4) is 0 Å². The molecule has 140 valence electrons. The first kappa shape index (κ1) is 18.6. The molecule has 9 nitrogen and oxygen atoms in total. The summed E-state index contributed by atoms with van der Waals surface area (Å²) in [5.74, 6) is 0. The second kappa shape index (κ2) is 8.44. The predicted molar refractivity (Wildman–Crippen MR) is 91.4 cm³/mol. The van der Waals surface area contributed by atoms with Crippen LogP contribution < -0.4 is 16.0 Å². The van der Waals surface area contributed by atoms with Crippen LogP contribution >= 0.6 is 0 Å². The monoisotopic (exact) mass is 362 g/mol. The Labute approximate surface area is 151 Å². The third-order valence-electron chi connectivity index (χ3n) is 4.40. The molecule has 0 unspecified atom stereocenters. The van der Waals surface area contributed by atoms with E-state index in [1.54, 1.807) is 31.4 Å². The van der Waals surface area contributed by atoms with Crippen LogP contribution in [0.25, 0.3) is 0 Å². The predicted octanol–water partition coefficient (Wildman–Crippen LogP) is -0.231. The van der Waals surface area contributed by atoms with Gasteiger partial charge in [-0.05, 0) is 18.2 Å². The summed E-state index contributed by atoms with van der Waals surface area (Å²) in [5.41, 5.74) is 0.932. The van der Waals surface area contributed by atoms with Crippen molar-refractivity contribution in [3.63, 3.8) is 0 Å².